The molecule has 0 atom stereocenters. The zero-order valence-corrected chi connectivity index (χ0v) is 11.1. The zero-order chi connectivity index (χ0) is 13.4. The quantitative estimate of drug-likeness (QED) is 0.719. The van der Waals surface area contributed by atoms with Crippen LogP contribution in [0.3, 0.4) is 0 Å². The lowest BCUT2D eigenvalue weighted by atomic mass is 10.2. The van der Waals surface area contributed by atoms with Gasteiger partial charge in [0.1, 0.15) is 0 Å². The van der Waals surface area contributed by atoms with Crippen LogP contribution >= 0.6 is 11.6 Å². The normalized spacial score (nSPS) is 11.1. The Kier molecular flexibility index (Phi) is 2.87. The first kappa shape index (κ1) is 12.0. The van der Waals surface area contributed by atoms with Crippen molar-refractivity contribution in [1.82, 2.24) is 14.1 Å². The van der Waals surface area contributed by atoms with E-state index in [4.69, 9.17) is 11.6 Å². The van der Waals surface area contributed by atoms with Gasteiger partial charge in [0.15, 0.2) is 5.65 Å². The van der Waals surface area contributed by atoms with Gasteiger partial charge in [0.05, 0.1) is 12.1 Å². The largest absolute Gasteiger partial charge is 0.330 e. The summed E-state index contributed by atoms with van der Waals surface area (Å²) in [6.45, 7) is 0.513. The van der Waals surface area contributed by atoms with Crippen LogP contribution in [0.2, 0.25) is 5.02 Å². The number of aryl methyl sites for hydroxylation is 1. The molecule has 5 heteroatoms. The first-order valence-electron chi connectivity index (χ1n) is 5.91. The molecule has 4 nitrogen and oxygen atoms in total. The lowest BCUT2D eigenvalue weighted by molar-refractivity contribution is 0.734. The van der Waals surface area contributed by atoms with Crippen LogP contribution in [0.4, 0.5) is 0 Å². The molecule has 0 fully saturated rings. The average Bonchev–Trinajstić information content (AvgIpc) is 2.67. The van der Waals surface area contributed by atoms with Crippen LogP contribution in [-0.2, 0) is 13.6 Å². The molecule has 0 aliphatic heterocycles. The second-order valence-corrected chi connectivity index (χ2v) is 4.84. The molecule has 2 aromatic heterocycles. The number of hydrogen-bond acceptors (Lipinski definition) is 2. The fourth-order valence-electron chi connectivity index (χ4n) is 2.16. The molecule has 0 bridgehead atoms. The number of rotatable bonds is 2. The minimum Gasteiger partial charge on any atom is -0.286 e. The SMILES string of the molecule is Cn1c(=O)n(Cc2ccc(Cl)cc2)c2cccnc21. The molecule has 0 aliphatic carbocycles. The van der Waals surface area contributed by atoms with Gasteiger partial charge in [-0.3, -0.25) is 9.13 Å². The van der Waals surface area contributed by atoms with Crippen molar-refractivity contribution in [3.63, 3.8) is 0 Å². The molecule has 96 valence electrons. The van der Waals surface area contributed by atoms with Crippen molar-refractivity contribution in [2.75, 3.05) is 0 Å². The van der Waals surface area contributed by atoms with Crippen LogP contribution in [-0.4, -0.2) is 14.1 Å². The van der Waals surface area contributed by atoms with Crippen LogP contribution < -0.4 is 5.69 Å². The molecule has 0 radical (unpaired) electrons. The summed E-state index contributed by atoms with van der Waals surface area (Å²) >= 11 is 5.86. The fraction of sp³-hybridized carbons (Fsp3) is 0.143. The minimum atomic E-state index is -0.0661. The summed E-state index contributed by atoms with van der Waals surface area (Å²) in [4.78, 5) is 16.5. The van der Waals surface area contributed by atoms with Gasteiger partial charge in [-0.15, -0.1) is 0 Å². The fourth-order valence-corrected chi connectivity index (χ4v) is 2.28. The summed E-state index contributed by atoms with van der Waals surface area (Å²) in [5.41, 5.74) is 2.50. The maximum Gasteiger partial charge on any atom is 0.330 e. The summed E-state index contributed by atoms with van der Waals surface area (Å²) in [7, 11) is 1.73. The van der Waals surface area contributed by atoms with E-state index in [0.717, 1.165) is 11.1 Å². The van der Waals surface area contributed by atoms with Crippen molar-refractivity contribution in [3.8, 4) is 0 Å². The zero-order valence-electron chi connectivity index (χ0n) is 10.4. The van der Waals surface area contributed by atoms with Gasteiger partial charge in [0, 0.05) is 18.3 Å². The smallest absolute Gasteiger partial charge is 0.286 e. The van der Waals surface area contributed by atoms with Crippen LogP contribution in [0.1, 0.15) is 5.56 Å². The van der Waals surface area contributed by atoms with E-state index in [1.165, 1.54) is 0 Å². The third-order valence-electron chi connectivity index (χ3n) is 3.15. The van der Waals surface area contributed by atoms with Gasteiger partial charge in [-0.05, 0) is 29.8 Å². The number of pyridine rings is 1. The predicted octanol–water partition coefficient (Wildman–Crippen LogP) is 2.44. The number of fused-ring (bicyclic) bond motifs is 1. The molecular formula is C14H12ClN3O. The van der Waals surface area contributed by atoms with Crippen molar-refractivity contribution in [3.05, 3.63) is 63.7 Å². The molecule has 0 unspecified atom stereocenters. The first-order chi connectivity index (χ1) is 9.16. The molecule has 19 heavy (non-hydrogen) atoms. The Morgan fingerprint density at radius 3 is 2.68 bits per heavy atom. The number of hydrogen-bond donors (Lipinski definition) is 0. The maximum atomic E-state index is 12.2. The van der Waals surface area contributed by atoms with Gasteiger partial charge in [-0.1, -0.05) is 23.7 Å². The minimum absolute atomic E-state index is 0.0661. The average molecular weight is 274 g/mol. The van der Waals surface area contributed by atoms with Gasteiger partial charge < -0.3 is 0 Å². The lowest BCUT2D eigenvalue weighted by Crippen LogP contribution is -2.22. The first-order valence-corrected chi connectivity index (χ1v) is 6.29. The lowest BCUT2D eigenvalue weighted by Gasteiger charge is -2.03. The monoisotopic (exact) mass is 273 g/mol. The molecule has 3 aromatic rings. The number of halogens is 1. The molecule has 0 aliphatic rings. The predicted molar refractivity (Wildman–Crippen MR) is 75.5 cm³/mol. The molecule has 0 N–H and O–H groups in total. The number of imidazole rings is 1. The molecule has 2 heterocycles. The standard InChI is InChI=1S/C14H12ClN3O/c1-17-13-12(3-2-8-16-13)18(14(17)19)9-10-4-6-11(15)7-5-10/h2-8H,9H2,1H3. The Hall–Kier alpha value is -2.07. The van der Waals surface area contributed by atoms with Crippen molar-refractivity contribution in [1.29, 1.82) is 0 Å². The molecular weight excluding hydrogens is 262 g/mol. The molecule has 1 aromatic carbocycles. The summed E-state index contributed by atoms with van der Waals surface area (Å²) in [6, 6.07) is 11.2. The van der Waals surface area contributed by atoms with Crippen molar-refractivity contribution >= 4 is 22.8 Å². The highest BCUT2D eigenvalue weighted by Gasteiger charge is 2.11. The van der Waals surface area contributed by atoms with Crippen LogP contribution in [0.15, 0.2) is 47.4 Å². The van der Waals surface area contributed by atoms with E-state index < -0.39 is 0 Å². The van der Waals surface area contributed by atoms with Crippen molar-refractivity contribution in [2.45, 2.75) is 6.54 Å². The second kappa shape index (κ2) is 4.55. The van der Waals surface area contributed by atoms with Crippen LogP contribution in [0.5, 0.6) is 0 Å². The molecule has 0 amide bonds. The van der Waals surface area contributed by atoms with E-state index in [2.05, 4.69) is 4.98 Å². The molecule has 0 spiro atoms. The van der Waals surface area contributed by atoms with Gasteiger partial charge >= 0.3 is 5.69 Å². The Bertz CT molecular complexity index is 787. The number of nitrogens with zero attached hydrogens (tertiary/aromatic N) is 3. The maximum absolute atomic E-state index is 12.2. The third kappa shape index (κ3) is 2.04. The van der Waals surface area contributed by atoms with Gasteiger partial charge in [0.25, 0.3) is 0 Å². The molecule has 0 saturated carbocycles. The molecule has 0 saturated heterocycles. The third-order valence-corrected chi connectivity index (χ3v) is 3.40. The summed E-state index contributed by atoms with van der Waals surface area (Å²) < 4.78 is 3.27. The Morgan fingerprint density at radius 2 is 1.95 bits per heavy atom. The van der Waals surface area contributed by atoms with Crippen molar-refractivity contribution in [2.24, 2.45) is 7.05 Å². The van der Waals surface area contributed by atoms with Crippen LogP contribution in [0.25, 0.3) is 11.2 Å². The van der Waals surface area contributed by atoms with E-state index in [9.17, 15) is 4.79 Å². The summed E-state index contributed by atoms with van der Waals surface area (Å²) in [5, 5.41) is 0.690. The second-order valence-electron chi connectivity index (χ2n) is 4.40. The highest BCUT2D eigenvalue weighted by atomic mass is 35.5. The van der Waals surface area contributed by atoms with Crippen LogP contribution in [0, 0.1) is 0 Å². The van der Waals surface area contributed by atoms with Gasteiger partial charge in [-0.2, -0.15) is 0 Å². The van der Waals surface area contributed by atoms with Gasteiger partial charge in [-0.25, -0.2) is 9.78 Å². The number of benzene rings is 1. The Balaban J connectivity index is 2.13. The van der Waals surface area contributed by atoms with Crippen molar-refractivity contribution < 1.29 is 0 Å². The highest BCUT2D eigenvalue weighted by Crippen LogP contribution is 2.13. The molecule has 3 rings (SSSR count). The topological polar surface area (TPSA) is 39.8 Å². The van der Waals surface area contributed by atoms with E-state index in [1.54, 1.807) is 22.4 Å². The summed E-state index contributed by atoms with van der Waals surface area (Å²) in [6.07, 6.45) is 1.69. The highest BCUT2D eigenvalue weighted by molar-refractivity contribution is 6.30. The van der Waals surface area contributed by atoms with E-state index >= 15 is 0 Å². The van der Waals surface area contributed by atoms with E-state index in [0.29, 0.717) is 17.2 Å². The van der Waals surface area contributed by atoms with E-state index in [-0.39, 0.29) is 5.69 Å². The Labute approximate surface area is 114 Å². The number of aromatic nitrogens is 3. The van der Waals surface area contributed by atoms with Gasteiger partial charge in [0.2, 0.25) is 0 Å². The Morgan fingerprint density at radius 1 is 1.21 bits per heavy atom. The van der Waals surface area contributed by atoms with E-state index in [1.807, 2.05) is 36.4 Å². The summed E-state index contributed by atoms with van der Waals surface area (Å²) in [5.74, 6) is 0.